The van der Waals surface area contributed by atoms with Crippen LogP contribution in [-0.4, -0.2) is 39.2 Å². The molecule has 1 aromatic carbocycles. The van der Waals surface area contributed by atoms with Crippen LogP contribution in [-0.2, 0) is 9.53 Å². The third-order valence-electron chi connectivity index (χ3n) is 2.33. The van der Waals surface area contributed by atoms with Crippen LogP contribution in [0.1, 0.15) is 17.3 Å². The van der Waals surface area contributed by atoms with Gasteiger partial charge in [-0.2, -0.15) is 0 Å². The van der Waals surface area contributed by atoms with Gasteiger partial charge in [0.05, 0.1) is 14.2 Å². The molecular formula is C13H17NO5. The summed E-state index contributed by atoms with van der Waals surface area (Å²) in [4.78, 5) is 22.9. The first kappa shape index (κ1) is 14.8. The second kappa shape index (κ2) is 7.25. The van der Waals surface area contributed by atoms with E-state index < -0.39 is 5.97 Å². The van der Waals surface area contributed by atoms with Crippen LogP contribution in [0.25, 0.3) is 0 Å². The number of likely N-dealkylation sites (N-methyl/N-ethyl adjacent to an activating group) is 1. The van der Waals surface area contributed by atoms with Crippen LogP contribution in [0.4, 0.5) is 0 Å². The molecule has 0 radical (unpaired) electrons. The molecule has 0 fully saturated rings. The van der Waals surface area contributed by atoms with Gasteiger partial charge in [0.25, 0.3) is 5.91 Å². The van der Waals surface area contributed by atoms with Crippen LogP contribution in [0.5, 0.6) is 11.5 Å². The van der Waals surface area contributed by atoms with Gasteiger partial charge < -0.3 is 19.5 Å². The second-order valence-corrected chi connectivity index (χ2v) is 3.60. The van der Waals surface area contributed by atoms with E-state index in [2.05, 4.69) is 10.1 Å². The Morgan fingerprint density at radius 3 is 2.58 bits per heavy atom. The second-order valence-electron chi connectivity index (χ2n) is 3.60. The Morgan fingerprint density at radius 1 is 1.26 bits per heavy atom. The number of amides is 1. The molecule has 6 heteroatoms. The molecule has 0 bridgehead atoms. The van der Waals surface area contributed by atoms with Crippen LogP contribution < -0.4 is 14.8 Å². The Bertz CT molecular complexity index is 458. The lowest BCUT2D eigenvalue weighted by Gasteiger charge is -2.11. The Hall–Kier alpha value is -2.24. The first-order chi connectivity index (χ1) is 9.12. The lowest BCUT2D eigenvalue weighted by Crippen LogP contribution is -2.28. The zero-order chi connectivity index (χ0) is 14.3. The molecule has 0 aliphatic rings. The maximum absolute atomic E-state index is 11.6. The van der Waals surface area contributed by atoms with Gasteiger partial charge in [-0.1, -0.05) is 0 Å². The van der Waals surface area contributed by atoms with Crippen molar-refractivity contribution in [3.8, 4) is 11.5 Å². The van der Waals surface area contributed by atoms with Gasteiger partial charge in [0.1, 0.15) is 17.1 Å². The predicted octanol–water partition coefficient (Wildman–Crippen LogP) is 0.997. The van der Waals surface area contributed by atoms with E-state index >= 15 is 0 Å². The fourth-order valence-corrected chi connectivity index (χ4v) is 1.42. The van der Waals surface area contributed by atoms with Gasteiger partial charge in [0, 0.05) is 12.6 Å². The summed E-state index contributed by atoms with van der Waals surface area (Å²) in [7, 11) is 2.78. The van der Waals surface area contributed by atoms with E-state index in [9.17, 15) is 9.59 Å². The van der Waals surface area contributed by atoms with Gasteiger partial charge in [0.2, 0.25) is 0 Å². The number of hydrogen-bond acceptors (Lipinski definition) is 5. The molecule has 0 saturated carbocycles. The monoisotopic (exact) mass is 267 g/mol. The average molecular weight is 267 g/mol. The van der Waals surface area contributed by atoms with E-state index in [1.54, 1.807) is 6.07 Å². The molecule has 0 aromatic heterocycles. The first-order valence-corrected chi connectivity index (χ1v) is 5.78. The number of carbonyl (C=O) groups is 2. The lowest BCUT2D eigenvalue weighted by molar-refractivity contribution is -0.123. The highest BCUT2D eigenvalue weighted by Gasteiger charge is 2.15. The molecule has 0 saturated heterocycles. The number of methoxy groups -OCH3 is 2. The van der Waals surface area contributed by atoms with Crippen molar-refractivity contribution in [1.82, 2.24) is 5.32 Å². The number of benzene rings is 1. The van der Waals surface area contributed by atoms with Crippen molar-refractivity contribution in [3.05, 3.63) is 23.8 Å². The quantitative estimate of drug-likeness (QED) is 0.778. The van der Waals surface area contributed by atoms with E-state index in [1.807, 2.05) is 6.92 Å². The fourth-order valence-electron chi connectivity index (χ4n) is 1.42. The summed E-state index contributed by atoms with van der Waals surface area (Å²) in [5.41, 5.74) is 0.243. The normalized spacial score (nSPS) is 9.63. The van der Waals surface area contributed by atoms with Crippen molar-refractivity contribution >= 4 is 11.9 Å². The highest BCUT2D eigenvalue weighted by molar-refractivity contribution is 5.92. The summed E-state index contributed by atoms with van der Waals surface area (Å²) in [6.07, 6.45) is 0. The molecule has 1 rings (SSSR count). The topological polar surface area (TPSA) is 73.9 Å². The van der Waals surface area contributed by atoms with E-state index in [0.717, 1.165) is 0 Å². The van der Waals surface area contributed by atoms with Crippen molar-refractivity contribution in [1.29, 1.82) is 0 Å². The summed E-state index contributed by atoms with van der Waals surface area (Å²) < 4.78 is 15.0. The van der Waals surface area contributed by atoms with Crippen LogP contribution in [0, 0.1) is 0 Å². The van der Waals surface area contributed by atoms with E-state index in [1.165, 1.54) is 26.4 Å². The largest absolute Gasteiger partial charge is 0.497 e. The highest BCUT2D eigenvalue weighted by atomic mass is 16.5. The maximum atomic E-state index is 11.6. The van der Waals surface area contributed by atoms with Crippen LogP contribution in [0.15, 0.2) is 18.2 Å². The molecule has 19 heavy (non-hydrogen) atoms. The number of nitrogens with one attached hydrogen (secondary N) is 1. The number of ether oxygens (including phenoxy) is 3. The molecular weight excluding hydrogens is 250 g/mol. The lowest BCUT2D eigenvalue weighted by atomic mass is 10.2. The van der Waals surface area contributed by atoms with Crippen molar-refractivity contribution in [2.75, 3.05) is 27.4 Å². The van der Waals surface area contributed by atoms with Gasteiger partial charge in [-0.25, -0.2) is 4.79 Å². The minimum atomic E-state index is -0.534. The van der Waals surface area contributed by atoms with Crippen molar-refractivity contribution < 1.29 is 23.8 Å². The summed E-state index contributed by atoms with van der Waals surface area (Å²) >= 11 is 0. The number of hydrogen-bond donors (Lipinski definition) is 1. The summed E-state index contributed by atoms with van der Waals surface area (Å²) in [6.45, 7) is 2.15. The molecule has 0 spiro atoms. The molecule has 104 valence electrons. The SMILES string of the molecule is CCNC(=O)COc1cc(OC)ccc1C(=O)OC. The Labute approximate surface area is 111 Å². The summed E-state index contributed by atoms with van der Waals surface area (Å²) in [6, 6.07) is 4.68. The summed E-state index contributed by atoms with van der Waals surface area (Å²) in [5, 5.41) is 2.60. The average Bonchev–Trinajstić information content (AvgIpc) is 2.44. The molecule has 0 atom stereocenters. The van der Waals surface area contributed by atoms with Gasteiger partial charge in [0.15, 0.2) is 6.61 Å². The maximum Gasteiger partial charge on any atom is 0.341 e. The Morgan fingerprint density at radius 2 is 2.00 bits per heavy atom. The van der Waals surface area contributed by atoms with E-state index in [4.69, 9.17) is 9.47 Å². The molecule has 1 aromatic rings. The molecule has 1 N–H and O–H groups in total. The predicted molar refractivity (Wildman–Crippen MR) is 68.5 cm³/mol. The third kappa shape index (κ3) is 4.17. The molecule has 0 heterocycles. The standard InChI is InChI=1S/C13H17NO5/c1-4-14-12(15)8-19-11-7-9(17-2)5-6-10(11)13(16)18-3/h5-7H,4,8H2,1-3H3,(H,14,15). The molecule has 0 aliphatic heterocycles. The fraction of sp³-hybridized carbons (Fsp3) is 0.385. The zero-order valence-corrected chi connectivity index (χ0v) is 11.2. The molecule has 0 aliphatic carbocycles. The van der Waals surface area contributed by atoms with Crippen molar-refractivity contribution in [2.45, 2.75) is 6.92 Å². The molecule has 1 amide bonds. The zero-order valence-electron chi connectivity index (χ0n) is 11.2. The third-order valence-corrected chi connectivity index (χ3v) is 2.33. The smallest absolute Gasteiger partial charge is 0.341 e. The number of rotatable bonds is 6. The Balaban J connectivity index is 2.88. The minimum Gasteiger partial charge on any atom is -0.497 e. The number of esters is 1. The van der Waals surface area contributed by atoms with Gasteiger partial charge >= 0.3 is 5.97 Å². The van der Waals surface area contributed by atoms with Gasteiger partial charge in [-0.05, 0) is 19.1 Å². The van der Waals surface area contributed by atoms with Crippen molar-refractivity contribution in [2.24, 2.45) is 0 Å². The van der Waals surface area contributed by atoms with E-state index in [0.29, 0.717) is 12.3 Å². The number of carbonyl (C=O) groups excluding carboxylic acids is 2. The van der Waals surface area contributed by atoms with Crippen LogP contribution in [0.2, 0.25) is 0 Å². The van der Waals surface area contributed by atoms with Crippen LogP contribution in [0.3, 0.4) is 0 Å². The van der Waals surface area contributed by atoms with Gasteiger partial charge in [-0.15, -0.1) is 0 Å². The van der Waals surface area contributed by atoms with Crippen molar-refractivity contribution in [3.63, 3.8) is 0 Å². The molecule has 6 nitrogen and oxygen atoms in total. The molecule has 0 unspecified atom stereocenters. The first-order valence-electron chi connectivity index (χ1n) is 5.78. The summed E-state index contributed by atoms with van der Waals surface area (Å²) in [5.74, 6) is -0.0225. The van der Waals surface area contributed by atoms with E-state index in [-0.39, 0.29) is 23.8 Å². The Kier molecular flexibility index (Phi) is 5.66. The minimum absolute atomic E-state index is 0.176. The van der Waals surface area contributed by atoms with Gasteiger partial charge in [-0.3, -0.25) is 4.79 Å². The van der Waals surface area contributed by atoms with Crippen LogP contribution >= 0.6 is 0 Å². The highest BCUT2D eigenvalue weighted by Crippen LogP contribution is 2.25.